The predicted octanol–water partition coefficient (Wildman–Crippen LogP) is 0.943. The molecule has 0 aromatic carbocycles. The van der Waals surface area contributed by atoms with Gasteiger partial charge in [-0.25, -0.2) is 8.42 Å². The van der Waals surface area contributed by atoms with Gasteiger partial charge in [-0.1, -0.05) is 0 Å². The maximum atomic E-state index is 11.6. The summed E-state index contributed by atoms with van der Waals surface area (Å²) in [5.41, 5.74) is 0. The van der Waals surface area contributed by atoms with Crippen LogP contribution in [-0.4, -0.2) is 37.2 Å². The first-order valence-corrected chi connectivity index (χ1v) is 7.04. The maximum Gasteiger partial charge on any atom is 0.240 e. The molecule has 4 nitrogen and oxygen atoms in total. The minimum absolute atomic E-state index is 0.0355. The Balaban J connectivity index is 4.35. The molecule has 0 aliphatic rings. The third-order valence-corrected chi connectivity index (χ3v) is 4.56. The summed E-state index contributed by atoms with van der Waals surface area (Å²) in [5.74, 6) is -0.484. The standard InChI is InChI=1S/C9H18ClNO3S/c1-7(10)5-6-11-8(12)9(2,3)15(4,13)14/h7H,5-6H2,1-4H3,(H,11,12). The second-order valence-corrected chi connectivity index (χ2v) is 7.42. The molecule has 0 radical (unpaired) electrons. The Hall–Kier alpha value is -0.290. The van der Waals surface area contributed by atoms with E-state index in [0.29, 0.717) is 13.0 Å². The van der Waals surface area contributed by atoms with Crippen LogP contribution < -0.4 is 5.32 Å². The normalized spacial score (nSPS) is 14.7. The molecule has 0 heterocycles. The Labute approximate surface area is 96.3 Å². The highest BCUT2D eigenvalue weighted by atomic mass is 35.5. The fraction of sp³-hybridized carbons (Fsp3) is 0.889. The van der Waals surface area contributed by atoms with Crippen molar-refractivity contribution in [3.05, 3.63) is 0 Å². The van der Waals surface area contributed by atoms with Gasteiger partial charge in [-0.3, -0.25) is 4.79 Å². The van der Waals surface area contributed by atoms with Gasteiger partial charge in [-0.15, -0.1) is 11.6 Å². The molecule has 0 aliphatic heterocycles. The van der Waals surface area contributed by atoms with Crippen LogP contribution >= 0.6 is 11.6 Å². The first-order valence-electron chi connectivity index (χ1n) is 4.71. The van der Waals surface area contributed by atoms with E-state index in [4.69, 9.17) is 11.6 Å². The fourth-order valence-corrected chi connectivity index (χ4v) is 1.28. The molecule has 6 heteroatoms. The van der Waals surface area contributed by atoms with E-state index < -0.39 is 20.5 Å². The van der Waals surface area contributed by atoms with Gasteiger partial charge in [0, 0.05) is 18.2 Å². The van der Waals surface area contributed by atoms with Crippen LogP contribution in [0, 0.1) is 0 Å². The summed E-state index contributed by atoms with van der Waals surface area (Å²) in [6.45, 7) is 4.99. The van der Waals surface area contributed by atoms with Gasteiger partial charge in [-0.2, -0.15) is 0 Å². The Bertz CT molecular complexity index is 322. The highest BCUT2D eigenvalue weighted by Crippen LogP contribution is 2.14. The summed E-state index contributed by atoms with van der Waals surface area (Å²) in [6.07, 6.45) is 1.67. The van der Waals surface area contributed by atoms with Crippen LogP contribution in [0.15, 0.2) is 0 Å². The quantitative estimate of drug-likeness (QED) is 0.744. The van der Waals surface area contributed by atoms with Crippen LogP contribution in [0.1, 0.15) is 27.2 Å². The zero-order valence-electron chi connectivity index (χ0n) is 9.50. The van der Waals surface area contributed by atoms with Crippen LogP contribution in [0.2, 0.25) is 0 Å². The smallest absolute Gasteiger partial charge is 0.240 e. The van der Waals surface area contributed by atoms with Crippen molar-refractivity contribution in [3.8, 4) is 0 Å². The molecule has 0 saturated carbocycles. The van der Waals surface area contributed by atoms with Crippen molar-refractivity contribution in [2.45, 2.75) is 37.3 Å². The summed E-state index contributed by atoms with van der Waals surface area (Å²) < 4.78 is 21.2. The molecule has 15 heavy (non-hydrogen) atoms. The van der Waals surface area contributed by atoms with E-state index in [1.807, 2.05) is 6.92 Å². The number of hydrogen-bond donors (Lipinski definition) is 1. The average molecular weight is 256 g/mol. The minimum Gasteiger partial charge on any atom is -0.355 e. The maximum absolute atomic E-state index is 11.6. The lowest BCUT2D eigenvalue weighted by atomic mass is 10.2. The molecular formula is C9H18ClNO3S. The lowest BCUT2D eigenvalue weighted by Gasteiger charge is -2.21. The molecule has 0 rings (SSSR count). The van der Waals surface area contributed by atoms with E-state index in [9.17, 15) is 13.2 Å². The number of hydrogen-bond acceptors (Lipinski definition) is 3. The number of sulfone groups is 1. The molecule has 90 valence electrons. The van der Waals surface area contributed by atoms with Gasteiger partial charge < -0.3 is 5.32 Å². The van der Waals surface area contributed by atoms with E-state index in [0.717, 1.165) is 6.26 Å². The van der Waals surface area contributed by atoms with Gasteiger partial charge in [0.25, 0.3) is 0 Å². The van der Waals surface area contributed by atoms with Gasteiger partial charge in [0.1, 0.15) is 4.75 Å². The third-order valence-electron chi connectivity index (χ3n) is 2.30. The molecule has 1 amide bonds. The molecule has 1 N–H and O–H groups in total. The van der Waals surface area contributed by atoms with Crippen molar-refractivity contribution in [3.63, 3.8) is 0 Å². The van der Waals surface area contributed by atoms with E-state index in [-0.39, 0.29) is 5.38 Å². The van der Waals surface area contributed by atoms with Crippen molar-refractivity contribution in [1.82, 2.24) is 5.32 Å². The van der Waals surface area contributed by atoms with E-state index in [2.05, 4.69) is 5.32 Å². The number of halogens is 1. The molecule has 0 fully saturated rings. The molecule has 0 aromatic heterocycles. The van der Waals surface area contributed by atoms with E-state index in [1.54, 1.807) is 0 Å². The van der Waals surface area contributed by atoms with Crippen LogP contribution in [0.4, 0.5) is 0 Å². The average Bonchev–Trinajstić information content (AvgIpc) is 2.01. The second-order valence-electron chi connectivity index (χ2n) is 4.11. The number of alkyl halides is 1. The summed E-state index contributed by atoms with van der Waals surface area (Å²) in [4.78, 5) is 11.6. The largest absolute Gasteiger partial charge is 0.355 e. The SMILES string of the molecule is CC(Cl)CCNC(=O)C(C)(C)S(C)(=O)=O. The van der Waals surface area contributed by atoms with Crippen molar-refractivity contribution in [2.24, 2.45) is 0 Å². The highest BCUT2D eigenvalue weighted by Gasteiger charge is 2.38. The number of amides is 1. The first-order chi connectivity index (χ1) is 6.59. The molecule has 0 saturated heterocycles. The zero-order valence-corrected chi connectivity index (χ0v) is 11.1. The summed E-state index contributed by atoms with van der Waals surface area (Å²) in [7, 11) is -3.40. The Kier molecular flexibility index (Phi) is 5.06. The molecular weight excluding hydrogens is 238 g/mol. The van der Waals surface area contributed by atoms with Crippen LogP contribution in [0.25, 0.3) is 0 Å². The van der Waals surface area contributed by atoms with E-state index in [1.165, 1.54) is 13.8 Å². The van der Waals surface area contributed by atoms with Crippen molar-refractivity contribution in [2.75, 3.05) is 12.8 Å². The van der Waals surface area contributed by atoms with Crippen molar-refractivity contribution in [1.29, 1.82) is 0 Å². The van der Waals surface area contributed by atoms with Gasteiger partial charge in [0.15, 0.2) is 9.84 Å². The minimum atomic E-state index is -3.40. The van der Waals surface area contributed by atoms with Crippen LogP contribution in [0.5, 0.6) is 0 Å². The summed E-state index contributed by atoms with van der Waals surface area (Å²) >= 11 is 5.70. The lowest BCUT2D eigenvalue weighted by Crippen LogP contribution is -2.47. The first kappa shape index (κ1) is 14.7. The Morgan fingerprint density at radius 3 is 2.27 bits per heavy atom. The van der Waals surface area contributed by atoms with Crippen LogP contribution in [0.3, 0.4) is 0 Å². The molecule has 0 aliphatic carbocycles. The molecule has 0 spiro atoms. The van der Waals surface area contributed by atoms with Crippen molar-refractivity contribution >= 4 is 27.3 Å². The molecule has 0 bridgehead atoms. The number of nitrogens with one attached hydrogen (secondary N) is 1. The van der Waals surface area contributed by atoms with Gasteiger partial charge in [-0.05, 0) is 27.2 Å². The predicted molar refractivity (Wildman–Crippen MR) is 61.9 cm³/mol. The number of rotatable bonds is 5. The highest BCUT2D eigenvalue weighted by molar-refractivity contribution is 7.92. The summed E-state index contributed by atoms with van der Waals surface area (Å²) in [5, 5.41) is 2.52. The van der Waals surface area contributed by atoms with Gasteiger partial charge >= 0.3 is 0 Å². The lowest BCUT2D eigenvalue weighted by molar-refractivity contribution is -0.122. The summed E-state index contributed by atoms with van der Waals surface area (Å²) in [6, 6.07) is 0. The van der Waals surface area contributed by atoms with Crippen molar-refractivity contribution < 1.29 is 13.2 Å². The number of carbonyl (C=O) groups excluding carboxylic acids is 1. The molecule has 0 aromatic rings. The van der Waals surface area contributed by atoms with Gasteiger partial charge in [0.05, 0.1) is 0 Å². The zero-order chi connectivity index (χ0) is 12.3. The van der Waals surface area contributed by atoms with E-state index >= 15 is 0 Å². The Morgan fingerprint density at radius 1 is 1.47 bits per heavy atom. The number of carbonyl (C=O) groups is 1. The van der Waals surface area contributed by atoms with Gasteiger partial charge in [0.2, 0.25) is 5.91 Å². The Morgan fingerprint density at radius 2 is 1.93 bits per heavy atom. The monoisotopic (exact) mass is 255 g/mol. The van der Waals surface area contributed by atoms with Crippen LogP contribution in [-0.2, 0) is 14.6 Å². The fourth-order valence-electron chi connectivity index (χ4n) is 0.766. The second kappa shape index (κ2) is 5.16. The topological polar surface area (TPSA) is 63.2 Å². The molecule has 1 atom stereocenters. The third kappa shape index (κ3) is 4.38. The molecule has 1 unspecified atom stereocenters.